The van der Waals surface area contributed by atoms with Crippen LogP contribution >= 0.6 is 11.3 Å². The summed E-state index contributed by atoms with van der Waals surface area (Å²) in [5.74, 6) is -0.386. The van der Waals surface area contributed by atoms with Crippen LogP contribution in [0.3, 0.4) is 0 Å². The fourth-order valence-electron chi connectivity index (χ4n) is 3.35. The quantitative estimate of drug-likeness (QED) is 0.562. The number of nitrogens with zero attached hydrogens (tertiary/aromatic N) is 1. The number of nitrogens with one attached hydrogen (secondary N) is 2. The number of ether oxygens (including phenoxy) is 1. The number of hydrogen-bond donors (Lipinski definition) is 2. The van der Waals surface area contributed by atoms with E-state index in [1.54, 1.807) is 29.5 Å². The molecule has 3 aromatic rings. The van der Waals surface area contributed by atoms with Crippen LogP contribution in [0.5, 0.6) is 0 Å². The molecule has 1 atom stereocenters. The molecule has 7 nitrogen and oxygen atoms in total. The molecule has 0 saturated carbocycles. The van der Waals surface area contributed by atoms with E-state index in [2.05, 4.69) is 15.0 Å². The zero-order valence-electron chi connectivity index (χ0n) is 17.0. The number of carbonyl (C=O) groups excluding carboxylic acids is 1. The summed E-state index contributed by atoms with van der Waals surface area (Å²) in [5, 5.41) is 5.77. The van der Waals surface area contributed by atoms with Gasteiger partial charge in [-0.2, -0.15) is 0 Å². The fourth-order valence-corrected chi connectivity index (χ4v) is 5.09. The summed E-state index contributed by atoms with van der Waals surface area (Å²) < 4.78 is 33.3. The minimum absolute atomic E-state index is 0.0462. The Labute approximate surface area is 185 Å². The van der Waals surface area contributed by atoms with Gasteiger partial charge in [-0.25, -0.2) is 18.1 Å². The van der Waals surface area contributed by atoms with Crippen molar-refractivity contribution in [1.29, 1.82) is 0 Å². The number of sulfonamides is 1. The number of anilines is 1. The van der Waals surface area contributed by atoms with Crippen LogP contribution in [0.4, 0.5) is 5.69 Å². The van der Waals surface area contributed by atoms with Crippen LogP contribution in [0.15, 0.2) is 58.8 Å². The van der Waals surface area contributed by atoms with Crippen LogP contribution < -0.4 is 10.0 Å². The van der Waals surface area contributed by atoms with Gasteiger partial charge in [0.05, 0.1) is 21.7 Å². The first-order valence-corrected chi connectivity index (χ1v) is 12.3. The van der Waals surface area contributed by atoms with E-state index in [1.807, 2.05) is 30.5 Å². The van der Waals surface area contributed by atoms with Gasteiger partial charge in [0.2, 0.25) is 10.0 Å². The molecule has 2 N–H and O–H groups in total. The maximum atomic E-state index is 12.8. The molecule has 1 aromatic heterocycles. The molecule has 2 heterocycles. The maximum Gasteiger partial charge on any atom is 0.255 e. The number of amides is 1. The molecule has 2 aromatic carbocycles. The van der Waals surface area contributed by atoms with Crippen LogP contribution in [0, 0.1) is 6.92 Å². The number of thiazole rings is 1. The number of carbonyl (C=O) groups is 1. The average Bonchev–Trinajstić information content (AvgIpc) is 3.44. The Balaban J connectivity index is 1.47. The third kappa shape index (κ3) is 5.37. The van der Waals surface area contributed by atoms with E-state index in [9.17, 15) is 13.2 Å². The first kappa shape index (κ1) is 21.6. The maximum absolute atomic E-state index is 12.8. The van der Waals surface area contributed by atoms with Gasteiger partial charge in [-0.1, -0.05) is 18.2 Å². The molecule has 0 radical (unpaired) electrons. The van der Waals surface area contributed by atoms with Crippen molar-refractivity contribution in [2.75, 3.05) is 18.5 Å². The zero-order chi connectivity index (χ0) is 21.8. The number of benzene rings is 2. The third-order valence-electron chi connectivity index (χ3n) is 4.97. The van der Waals surface area contributed by atoms with Gasteiger partial charge in [0, 0.05) is 35.3 Å². The topological polar surface area (TPSA) is 97.4 Å². The van der Waals surface area contributed by atoms with E-state index in [4.69, 9.17) is 4.74 Å². The summed E-state index contributed by atoms with van der Waals surface area (Å²) in [6.45, 7) is 2.82. The molecular weight excluding hydrogens is 434 g/mol. The molecule has 0 aliphatic carbocycles. The van der Waals surface area contributed by atoms with Crippen molar-refractivity contribution in [2.45, 2.75) is 30.8 Å². The highest BCUT2D eigenvalue weighted by Crippen LogP contribution is 2.24. The van der Waals surface area contributed by atoms with E-state index >= 15 is 0 Å². The SMILES string of the molecule is Cc1nc(-c2cccc(NC(=O)c3cccc(S(=O)(=O)NC[C@@H]4CCCO4)c3)c2)cs1. The van der Waals surface area contributed by atoms with Gasteiger partial charge in [0.25, 0.3) is 5.91 Å². The van der Waals surface area contributed by atoms with Gasteiger partial charge in [-0.3, -0.25) is 4.79 Å². The lowest BCUT2D eigenvalue weighted by Crippen LogP contribution is -2.32. The smallest absolute Gasteiger partial charge is 0.255 e. The largest absolute Gasteiger partial charge is 0.377 e. The second-order valence-electron chi connectivity index (χ2n) is 7.30. The highest BCUT2D eigenvalue weighted by Gasteiger charge is 2.21. The van der Waals surface area contributed by atoms with Crippen molar-refractivity contribution < 1.29 is 17.9 Å². The summed E-state index contributed by atoms with van der Waals surface area (Å²) in [5.41, 5.74) is 2.62. The van der Waals surface area contributed by atoms with Gasteiger partial charge >= 0.3 is 0 Å². The molecule has 1 saturated heterocycles. The number of rotatable bonds is 7. The molecule has 9 heteroatoms. The van der Waals surface area contributed by atoms with Gasteiger partial charge in [0.15, 0.2) is 0 Å². The third-order valence-corrected chi connectivity index (χ3v) is 7.16. The zero-order valence-corrected chi connectivity index (χ0v) is 18.6. The van der Waals surface area contributed by atoms with Crippen LogP contribution in [-0.4, -0.2) is 38.6 Å². The summed E-state index contributed by atoms with van der Waals surface area (Å²) in [7, 11) is -3.73. The predicted octanol–water partition coefficient (Wildman–Crippen LogP) is 3.83. The Morgan fingerprint density at radius 3 is 2.81 bits per heavy atom. The Bertz CT molecular complexity index is 1180. The summed E-state index contributed by atoms with van der Waals surface area (Å²) in [4.78, 5) is 17.3. The normalized spacial score (nSPS) is 16.4. The molecular formula is C22H23N3O4S2. The lowest BCUT2D eigenvalue weighted by molar-refractivity contribution is 0.102. The lowest BCUT2D eigenvalue weighted by Gasteiger charge is -2.12. The minimum atomic E-state index is -3.73. The van der Waals surface area contributed by atoms with Gasteiger partial charge < -0.3 is 10.1 Å². The fraction of sp³-hybridized carbons (Fsp3) is 0.273. The van der Waals surface area contributed by atoms with Crippen molar-refractivity contribution in [3.63, 3.8) is 0 Å². The molecule has 1 aliphatic heterocycles. The van der Waals surface area contributed by atoms with Crippen molar-refractivity contribution >= 4 is 33.0 Å². The van der Waals surface area contributed by atoms with Crippen molar-refractivity contribution in [2.24, 2.45) is 0 Å². The molecule has 31 heavy (non-hydrogen) atoms. The van der Waals surface area contributed by atoms with E-state index in [0.717, 1.165) is 29.1 Å². The Morgan fingerprint density at radius 1 is 1.23 bits per heavy atom. The second-order valence-corrected chi connectivity index (χ2v) is 10.1. The van der Waals surface area contributed by atoms with Crippen molar-refractivity contribution in [3.05, 3.63) is 64.5 Å². The van der Waals surface area contributed by atoms with Crippen molar-refractivity contribution in [3.8, 4) is 11.3 Å². The van der Waals surface area contributed by atoms with Crippen molar-refractivity contribution in [1.82, 2.24) is 9.71 Å². The Kier molecular flexibility index (Phi) is 6.47. The predicted molar refractivity (Wildman–Crippen MR) is 121 cm³/mol. The summed E-state index contributed by atoms with van der Waals surface area (Å²) in [6.07, 6.45) is 1.67. The van der Waals surface area contributed by atoms with Crippen LogP contribution in [0.1, 0.15) is 28.2 Å². The van der Waals surface area contributed by atoms with E-state index in [-0.39, 0.29) is 29.0 Å². The first-order chi connectivity index (χ1) is 14.9. The van der Waals surface area contributed by atoms with Gasteiger partial charge in [0.1, 0.15) is 0 Å². The number of aryl methyl sites for hydroxylation is 1. The Morgan fingerprint density at radius 2 is 2.06 bits per heavy atom. The van der Waals surface area contributed by atoms with Crippen LogP contribution in [0.2, 0.25) is 0 Å². The molecule has 0 unspecified atom stereocenters. The monoisotopic (exact) mass is 457 g/mol. The molecule has 1 aliphatic rings. The number of aromatic nitrogens is 1. The molecule has 0 spiro atoms. The summed E-state index contributed by atoms with van der Waals surface area (Å²) in [6, 6.07) is 13.4. The molecule has 4 rings (SSSR count). The highest BCUT2D eigenvalue weighted by atomic mass is 32.2. The summed E-state index contributed by atoms with van der Waals surface area (Å²) >= 11 is 1.56. The van der Waals surface area contributed by atoms with Crippen LogP contribution in [-0.2, 0) is 14.8 Å². The minimum Gasteiger partial charge on any atom is -0.377 e. The standard InChI is InChI=1S/C22H23N3O4S2/c1-15-24-21(14-30-15)16-5-2-7-18(11-16)25-22(26)17-6-3-9-20(12-17)31(27,28)23-13-19-8-4-10-29-19/h2-3,5-7,9,11-12,14,19,23H,4,8,10,13H2,1H3,(H,25,26)/t19-/m0/s1. The van der Waals surface area contributed by atoms with Gasteiger partial charge in [-0.05, 0) is 50.1 Å². The molecule has 0 bridgehead atoms. The molecule has 162 valence electrons. The second kappa shape index (κ2) is 9.27. The van der Waals surface area contributed by atoms with Gasteiger partial charge in [-0.15, -0.1) is 11.3 Å². The van der Waals surface area contributed by atoms with E-state index in [0.29, 0.717) is 12.3 Å². The Hall–Kier alpha value is -2.59. The molecule has 1 fully saturated rings. The van der Waals surface area contributed by atoms with Crippen LogP contribution in [0.25, 0.3) is 11.3 Å². The average molecular weight is 458 g/mol. The van der Waals surface area contributed by atoms with E-state index < -0.39 is 10.0 Å². The first-order valence-electron chi connectivity index (χ1n) is 9.96. The van der Waals surface area contributed by atoms with E-state index in [1.165, 1.54) is 12.1 Å². The lowest BCUT2D eigenvalue weighted by atomic mass is 10.1. The highest BCUT2D eigenvalue weighted by molar-refractivity contribution is 7.89. The molecule has 1 amide bonds. The number of hydrogen-bond acceptors (Lipinski definition) is 6.